The number of aliphatic hydroxyl groups excluding tert-OH is 1. The zero-order valence-electron chi connectivity index (χ0n) is 9.99. The lowest BCUT2D eigenvalue weighted by Crippen LogP contribution is -2.33. The molecule has 1 aromatic rings. The Bertz CT molecular complexity index is 525. The lowest BCUT2D eigenvalue weighted by atomic mass is 10.2. The summed E-state index contributed by atoms with van der Waals surface area (Å²) >= 11 is 0. The van der Waals surface area contributed by atoms with Gasteiger partial charge in [0.25, 0.3) is 0 Å². The van der Waals surface area contributed by atoms with Crippen molar-refractivity contribution in [2.45, 2.75) is 12.5 Å². The minimum absolute atomic E-state index is 0.204. The van der Waals surface area contributed by atoms with Gasteiger partial charge >= 0.3 is 12.0 Å². The number of urea groups is 1. The van der Waals surface area contributed by atoms with Crippen LogP contribution in [0.15, 0.2) is 12.1 Å². The zero-order chi connectivity index (χ0) is 15.3. The molecule has 0 saturated carbocycles. The Hall–Kier alpha value is -2.29. The first-order valence-corrected chi connectivity index (χ1v) is 5.41. The highest BCUT2D eigenvalue weighted by atomic mass is 19.2. The first kappa shape index (κ1) is 15.8. The van der Waals surface area contributed by atoms with E-state index in [1.54, 1.807) is 0 Å². The minimum Gasteiger partial charge on any atom is -0.479 e. The molecule has 0 aliphatic heterocycles. The van der Waals surface area contributed by atoms with E-state index in [1.165, 1.54) is 0 Å². The quantitative estimate of drug-likeness (QED) is 0.610. The predicted molar refractivity (Wildman–Crippen MR) is 61.6 cm³/mol. The molecule has 0 heterocycles. The maximum absolute atomic E-state index is 13.2. The van der Waals surface area contributed by atoms with Gasteiger partial charge in [0.05, 0.1) is 5.69 Å². The van der Waals surface area contributed by atoms with Crippen LogP contribution in [0.1, 0.15) is 6.42 Å². The highest BCUT2D eigenvalue weighted by Crippen LogP contribution is 2.18. The van der Waals surface area contributed by atoms with Gasteiger partial charge in [0.1, 0.15) is 5.82 Å². The van der Waals surface area contributed by atoms with Gasteiger partial charge in [0.2, 0.25) is 0 Å². The second-order valence-electron chi connectivity index (χ2n) is 3.77. The molecular weight excluding hydrogens is 281 g/mol. The van der Waals surface area contributed by atoms with Crippen molar-refractivity contribution in [2.75, 3.05) is 11.9 Å². The molecule has 1 aromatic carbocycles. The van der Waals surface area contributed by atoms with Crippen molar-refractivity contribution in [2.24, 2.45) is 0 Å². The number of carboxylic acids is 1. The van der Waals surface area contributed by atoms with Gasteiger partial charge < -0.3 is 20.8 Å². The zero-order valence-corrected chi connectivity index (χ0v) is 9.99. The summed E-state index contributed by atoms with van der Waals surface area (Å²) in [5.74, 6) is -5.33. The van der Waals surface area contributed by atoms with Gasteiger partial charge in [0.15, 0.2) is 17.7 Å². The van der Waals surface area contributed by atoms with Crippen molar-refractivity contribution >= 4 is 17.7 Å². The van der Waals surface area contributed by atoms with Crippen molar-refractivity contribution in [1.82, 2.24) is 5.32 Å². The van der Waals surface area contributed by atoms with Gasteiger partial charge in [0, 0.05) is 25.1 Å². The number of rotatable bonds is 5. The van der Waals surface area contributed by atoms with Gasteiger partial charge in [-0.05, 0) is 0 Å². The molecule has 9 heteroatoms. The Morgan fingerprint density at radius 2 is 1.75 bits per heavy atom. The minimum atomic E-state index is -1.64. The van der Waals surface area contributed by atoms with Gasteiger partial charge in [-0.2, -0.15) is 0 Å². The summed E-state index contributed by atoms with van der Waals surface area (Å²) in [6.07, 6.45) is -1.90. The van der Waals surface area contributed by atoms with Crippen LogP contribution in [0, 0.1) is 17.5 Å². The number of anilines is 1. The average molecular weight is 292 g/mol. The van der Waals surface area contributed by atoms with Crippen LogP contribution < -0.4 is 10.6 Å². The van der Waals surface area contributed by atoms with Crippen LogP contribution in [0.25, 0.3) is 0 Å². The van der Waals surface area contributed by atoms with Crippen LogP contribution in [0.5, 0.6) is 0 Å². The molecule has 0 aromatic heterocycles. The first-order chi connectivity index (χ1) is 9.31. The van der Waals surface area contributed by atoms with Gasteiger partial charge in [-0.25, -0.2) is 22.8 Å². The summed E-state index contributed by atoms with van der Waals surface area (Å²) in [5.41, 5.74) is -0.569. The van der Waals surface area contributed by atoms with Crippen molar-refractivity contribution in [1.29, 1.82) is 0 Å². The number of aliphatic hydroxyl groups is 1. The third kappa shape index (κ3) is 4.43. The largest absolute Gasteiger partial charge is 0.479 e. The Kier molecular flexibility index (Phi) is 5.32. The van der Waals surface area contributed by atoms with Crippen LogP contribution in [-0.2, 0) is 4.79 Å². The molecular formula is C11H11F3N2O4. The summed E-state index contributed by atoms with van der Waals surface area (Å²) in [7, 11) is 0. The number of halogens is 3. The molecule has 6 nitrogen and oxygen atoms in total. The van der Waals surface area contributed by atoms with E-state index >= 15 is 0 Å². The second kappa shape index (κ2) is 6.75. The van der Waals surface area contributed by atoms with E-state index in [-0.39, 0.29) is 19.0 Å². The van der Waals surface area contributed by atoms with Gasteiger partial charge in [-0.3, -0.25) is 0 Å². The number of amides is 2. The van der Waals surface area contributed by atoms with Gasteiger partial charge in [-0.15, -0.1) is 0 Å². The fourth-order valence-electron chi connectivity index (χ4n) is 1.23. The Balaban J connectivity index is 2.51. The first-order valence-electron chi connectivity index (χ1n) is 5.41. The van der Waals surface area contributed by atoms with Crippen molar-refractivity contribution in [3.05, 3.63) is 29.6 Å². The number of aliphatic carboxylic acids is 1. The van der Waals surface area contributed by atoms with E-state index < -0.39 is 41.2 Å². The number of hydrogen-bond acceptors (Lipinski definition) is 3. The second-order valence-corrected chi connectivity index (χ2v) is 3.77. The van der Waals surface area contributed by atoms with E-state index in [0.29, 0.717) is 6.07 Å². The predicted octanol–water partition coefficient (Wildman–Crippen LogP) is 1.06. The molecule has 0 aliphatic rings. The van der Waals surface area contributed by atoms with E-state index in [2.05, 4.69) is 5.32 Å². The fourth-order valence-corrected chi connectivity index (χ4v) is 1.23. The molecule has 20 heavy (non-hydrogen) atoms. The van der Waals surface area contributed by atoms with Crippen molar-refractivity contribution in [3.8, 4) is 0 Å². The normalized spacial score (nSPS) is 11.8. The van der Waals surface area contributed by atoms with E-state index in [0.717, 1.165) is 0 Å². The molecule has 0 radical (unpaired) electrons. The third-order valence-corrected chi connectivity index (χ3v) is 2.25. The molecule has 1 unspecified atom stereocenters. The molecule has 0 spiro atoms. The van der Waals surface area contributed by atoms with Crippen LogP contribution in [0.2, 0.25) is 0 Å². The molecule has 0 aliphatic carbocycles. The number of benzene rings is 1. The molecule has 4 N–H and O–H groups in total. The number of carbonyl (C=O) groups is 2. The lowest BCUT2D eigenvalue weighted by molar-refractivity contribution is -0.146. The monoisotopic (exact) mass is 292 g/mol. The molecule has 1 rings (SSSR count). The molecule has 0 bridgehead atoms. The summed E-state index contributed by atoms with van der Waals surface area (Å²) in [6.45, 7) is -0.204. The van der Waals surface area contributed by atoms with Crippen LogP contribution in [0.4, 0.5) is 23.7 Å². The van der Waals surface area contributed by atoms with E-state index in [1.807, 2.05) is 5.32 Å². The number of hydrogen-bond donors (Lipinski definition) is 4. The third-order valence-electron chi connectivity index (χ3n) is 2.25. The summed E-state index contributed by atoms with van der Waals surface area (Å²) in [5, 5.41) is 21.3. The topological polar surface area (TPSA) is 98.7 Å². The van der Waals surface area contributed by atoms with Crippen LogP contribution >= 0.6 is 0 Å². The number of carboxylic acid groups (broad SMARTS) is 1. The summed E-state index contributed by atoms with van der Waals surface area (Å²) in [6, 6.07) is -0.206. The molecule has 0 saturated heterocycles. The van der Waals surface area contributed by atoms with Crippen LogP contribution in [0.3, 0.4) is 0 Å². The smallest absolute Gasteiger partial charge is 0.332 e. The molecule has 2 amide bonds. The summed E-state index contributed by atoms with van der Waals surface area (Å²) < 4.78 is 38.7. The maximum atomic E-state index is 13.2. The van der Waals surface area contributed by atoms with Crippen molar-refractivity contribution in [3.63, 3.8) is 0 Å². The number of nitrogens with one attached hydrogen (secondary N) is 2. The van der Waals surface area contributed by atoms with Gasteiger partial charge in [-0.1, -0.05) is 0 Å². The average Bonchev–Trinajstić information content (AvgIpc) is 2.35. The standard InChI is InChI=1S/C11H11F3N2O4/c12-5-3-7(14)8(4-6(5)13)16-11(20)15-2-1-9(17)10(18)19/h3-4,9,17H,1-2H2,(H,18,19)(H2,15,16,20). The Morgan fingerprint density at radius 3 is 2.35 bits per heavy atom. The van der Waals surface area contributed by atoms with Crippen LogP contribution in [-0.4, -0.2) is 34.9 Å². The maximum Gasteiger partial charge on any atom is 0.332 e. The lowest BCUT2D eigenvalue weighted by Gasteiger charge is -2.09. The number of carbonyl (C=O) groups excluding carboxylic acids is 1. The fraction of sp³-hybridized carbons (Fsp3) is 0.273. The molecule has 0 fully saturated rings. The molecule has 1 atom stereocenters. The SMILES string of the molecule is O=C(NCCC(O)C(=O)O)Nc1cc(F)c(F)cc1F. The Morgan fingerprint density at radius 1 is 1.15 bits per heavy atom. The highest BCUT2D eigenvalue weighted by molar-refractivity contribution is 5.89. The Labute approximate surface area is 111 Å². The van der Waals surface area contributed by atoms with Crippen molar-refractivity contribution < 1.29 is 33.0 Å². The van der Waals surface area contributed by atoms with E-state index in [9.17, 15) is 22.8 Å². The highest BCUT2D eigenvalue weighted by Gasteiger charge is 2.14. The molecule has 110 valence electrons. The summed E-state index contributed by atoms with van der Waals surface area (Å²) in [4.78, 5) is 21.6. The van der Waals surface area contributed by atoms with E-state index in [4.69, 9.17) is 10.2 Å².